The number of amides is 1. The van der Waals surface area contributed by atoms with Crippen LogP contribution in [0.2, 0.25) is 5.02 Å². The molecule has 5 heteroatoms. The molecule has 2 N–H and O–H groups in total. The maximum Gasteiger partial charge on any atom is 0.223 e. The molecule has 3 nitrogen and oxygen atoms in total. The highest BCUT2D eigenvalue weighted by Crippen LogP contribution is 2.39. The molecule has 1 aromatic carbocycles. The van der Waals surface area contributed by atoms with Gasteiger partial charge in [0.25, 0.3) is 0 Å². The van der Waals surface area contributed by atoms with Crippen molar-refractivity contribution < 1.29 is 4.79 Å². The molecule has 1 aliphatic carbocycles. The second-order valence-electron chi connectivity index (χ2n) is 6.49. The summed E-state index contributed by atoms with van der Waals surface area (Å²) in [6.07, 6.45) is 4.39. The molecular weight excluding hydrogens is 319 g/mol. The van der Waals surface area contributed by atoms with E-state index in [1.54, 1.807) is 0 Å². The summed E-state index contributed by atoms with van der Waals surface area (Å²) in [7, 11) is 0. The zero-order valence-corrected chi connectivity index (χ0v) is 14.5. The van der Waals surface area contributed by atoms with E-state index in [9.17, 15) is 4.79 Å². The number of hydrogen-bond acceptors (Lipinski definition) is 2. The number of nitrogens with one attached hydrogen (secondary N) is 2. The highest BCUT2D eigenvalue weighted by Gasteiger charge is 2.39. The molecule has 1 atom stereocenters. The van der Waals surface area contributed by atoms with Crippen molar-refractivity contribution in [3.63, 3.8) is 0 Å². The first-order valence-corrected chi connectivity index (χ1v) is 8.27. The highest BCUT2D eigenvalue weighted by molar-refractivity contribution is 6.30. The van der Waals surface area contributed by atoms with Crippen molar-refractivity contribution in [2.45, 2.75) is 38.1 Å². The van der Waals surface area contributed by atoms with Crippen LogP contribution < -0.4 is 10.6 Å². The molecule has 2 fully saturated rings. The van der Waals surface area contributed by atoms with Gasteiger partial charge in [0.05, 0.1) is 5.54 Å². The van der Waals surface area contributed by atoms with Crippen molar-refractivity contribution >= 4 is 29.9 Å². The molecule has 1 aromatic rings. The molecule has 22 heavy (non-hydrogen) atoms. The first-order chi connectivity index (χ1) is 10.1. The Kier molecular flexibility index (Phi) is 5.76. The van der Waals surface area contributed by atoms with E-state index in [0.717, 1.165) is 31.0 Å². The zero-order chi connectivity index (χ0) is 14.9. The van der Waals surface area contributed by atoms with Crippen molar-refractivity contribution in [2.75, 3.05) is 13.1 Å². The minimum Gasteiger partial charge on any atom is -0.346 e. The molecule has 0 radical (unpaired) electrons. The van der Waals surface area contributed by atoms with Crippen molar-refractivity contribution in [3.05, 3.63) is 34.9 Å². The van der Waals surface area contributed by atoms with E-state index in [0.29, 0.717) is 5.92 Å². The van der Waals surface area contributed by atoms with Gasteiger partial charge in [-0.25, -0.2) is 0 Å². The molecule has 1 unspecified atom stereocenters. The second kappa shape index (κ2) is 7.20. The average Bonchev–Trinajstić information content (AvgIpc) is 2.87. The van der Waals surface area contributed by atoms with E-state index in [4.69, 9.17) is 11.6 Å². The van der Waals surface area contributed by atoms with Crippen LogP contribution in [0.3, 0.4) is 0 Å². The number of halogens is 2. The summed E-state index contributed by atoms with van der Waals surface area (Å²) in [6.45, 7) is 3.97. The average molecular weight is 343 g/mol. The van der Waals surface area contributed by atoms with Gasteiger partial charge in [0.1, 0.15) is 0 Å². The zero-order valence-electron chi connectivity index (χ0n) is 12.9. The quantitative estimate of drug-likeness (QED) is 0.879. The van der Waals surface area contributed by atoms with Crippen LogP contribution in [0.15, 0.2) is 24.3 Å². The standard InChI is InChI=1S/C17H23ClN2O.ClH/c1-12(13-10-19-11-13)16(21)20-17(8-2-3-9-17)14-4-6-15(18)7-5-14;/h4-7,12-13,19H,2-3,8-11H2,1H3,(H,20,21);1H. The molecule has 0 bridgehead atoms. The Labute approximate surface area is 143 Å². The van der Waals surface area contributed by atoms with Gasteiger partial charge in [-0.05, 0) is 49.5 Å². The molecule has 1 aliphatic heterocycles. The minimum absolute atomic E-state index is 0. The van der Waals surface area contributed by atoms with Gasteiger partial charge in [-0.2, -0.15) is 0 Å². The molecule has 1 heterocycles. The molecule has 1 amide bonds. The third-order valence-electron chi connectivity index (χ3n) is 5.15. The Hall–Kier alpha value is -0.770. The number of rotatable bonds is 4. The minimum atomic E-state index is -0.187. The number of hydrogen-bond donors (Lipinski definition) is 2. The predicted molar refractivity (Wildman–Crippen MR) is 92.5 cm³/mol. The maximum absolute atomic E-state index is 12.6. The van der Waals surface area contributed by atoms with E-state index in [2.05, 4.69) is 22.8 Å². The smallest absolute Gasteiger partial charge is 0.223 e. The van der Waals surface area contributed by atoms with Crippen LogP contribution in [0.25, 0.3) is 0 Å². The normalized spacial score (nSPS) is 21.5. The lowest BCUT2D eigenvalue weighted by Gasteiger charge is -2.36. The van der Waals surface area contributed by atoms with Crippen molar-refractivity contribution in [1.29, 1.82) is 0 Å². The van der Waals surface area contributed by atoms with Gasteiger partial charge in [0.15, 0.2) is 0 Å². The Morgan fingerprint density at radius 3 is 2.36 bits per heavy atom. The van der Waals surface area contributed by atoms with Crippen LogP contribution in [0.4, 0.5) is 0 Å². The van der Waals surface area contributed by atoms with Crippen molar-refractivity contribution in [3.8, 4) is 0 Å². The topological polar surface area (TPSA) is 41.1 Å². The highest BCUT2D eigenvalue weighted by atomic mass is 35.5. The molecular formula is C17H24Cl2N2O. The molecule has 3 rings (SSSR count). The lowest BCUT2D eigenvalue weighted by molar-refractivity contribution is -0.128. The largest absolute Gasteiger partial charge is 0.346 e. The summed E-state index contributed by atoms with van der Waals surface area (Å²) in [5.74, 6) is 0.753. The van der Waals surface area contributed by atoms with Gasteiger partial charge >= 0.3 is 0 Å². The molecule has 122 valence electrons. The molecule has 1 saturated carbocycles. The van der Waals surface area contributed by atoms with Crippen molar-refractivity contribution in [1.82, 2.24) is 10.6 Å². The molecule has 0 aromatic heterocycles. The van der Waals surface area contributed by atoms with Crippen LogP contribution in [-0.2, 0) is 10.3 Å². The first-order valence-electron chi connectivity index (χ1n) is 7.89. The lowest BCUT2D eigenvalue weighted by atomic mass is 9.84. The summed E-state index contributed by atoms with van der Waals surface area (Å²) >= 11 is 5.99. The van der Waals surface area contributed by atoms with Gasteiger partial charge in [-0.3, -0.25) is 4.79 Å². The Morgan fingerprint density at radius 1 is 1.27 bits per heavy atom. The molecule has 0 spiro atoms. The Balaban J connectivity index is 0.00000176. The Morgan fingerprint density at radius 2 is 1.86 bits per heavy atom. The van der Waals surface area contributed by atoms with E-state index < -0.39 is 0 Å². The monoisotopic (exact) mass is 342 g/mol. The summed E-state index contributed by atoms with van der Waals surface area (Å²) in [4.78, 5) is 12.6. The van der Waals surface area contributed by atoms with E-state index in [1.807, 2.05) is 19.1 Å². The number of carbonyl (C=O) groups excluding carboxylic acids is 1. The third-order valence-corrected chi connectivity index (χ3v) is 5.40. The Bertz CT molecular complexity index is 508. The molecule has 1 saturated heterocycles. The van der Waals surface area contributed by atoms with Gasteiger partial charge < -0.3 is 10.6 Å². The summed E-state index contributed by atoms with van der Waals surface area (Å²) in [5.41, 5.74) is 1.00. The van der Waals surface area contributed by atoms with Crippen LogP contribution in [-0.4, -0.2) is 19.0 Å². The van der Waals surface area contributed by atoms with E-state index in [-0.39, 0.29) is 29.8 Å². The summed E-state index contributed by atoms with van der Waals surface area (Å²) < 4.78 is 0. The van der Waals surface area contributed by atoms with Gasteiger partial charge in [0, 0.05) is 10.9 Å². The van der Waals surface area contributed by atoms with Gasteiger partial charge in [-0.15, -0.1) is 12.4 Å². The maximum atomic E-state index is 12.6. The molecule has 2 aliphatic rings. The fourth-order valence-corrected chi connectivity index (χ4v) is 3.59. The SMILES string of the molecule is CC(C(=O)NC1(c2ccc(Cl)cc2)CCCC1)C1CNC1.Cl. The summed E-state index contributed by atoms with van der Waals surface area (Å²) in [6, 6.07) is 7.96. The first kappa shape index (κ1) is 17.6. The lowest BCUT2D eigenvalue weighted by Crippen LogP contribution is -2.53. The van der Waals surface area contributed by atoms with Crippen LogP contribution in [0, 0.1) is 11.8 Å². The third kappa shape index (κ3) is 3.42. The van der Waals surface area contributed by atoms with Crippen LogP contribution in [0.1, 0.15) is 38.2 Å². The van der Waals surface area contributed by atoms with E-state index in [1.165, 1.54) is 18.4 Å². The summed E-state index contributed by atoms with van der Waals surface area (Å²) in [5, 5.41) is 7.35. The fraction of sp³-hybridized carbons (Fsp3) is 0.588. The second-order valence-corrected chi connectivity index (χ2v) is 6.93. The number of benzene rings is 1. The van der Waals surface area contributed by atoms with Crippen LogP contribution >= 0.6 is 24.0 Å². The predicted octanol–water partition coefficient (Wildman–Crippen LogP) is 3.50. The van der Waals surface area contributed by atoms with Crippen LogP contribution in [0.5, 0.6) is 0 Å². The van der Waals surface area contributed by atoms with Gasteiger partial charge in [-0.1, -0.05) is 43.5 Å². The fourth-order valence-electron chi connectivity index (χ4n) is 3.46. The number of carbonyl (C=O) groups is 1. The van der Waals surface area contributed by atoms with Crippen molar-refractivity contribution in [2.24, 2.45) is 11.8 Å². The van der Waals surface area contributed by atoms with E-state index >= 15 is 0 Å². The van der Waals surface area contributed by atoms with Gasteiger partial charge in [0.2, 0.25) is 5.91 Å².